The van der Waals surface area contributed by atoms with Crippen LogP contribution in [0, 0.1) is 0 Å². The molecule has 19 heavy (non-hydrogen) atoms. The lowest BCUT2D eigenvalue weighted by atomic mass is 10.1. The largest absolute Gasteiger partial charge is 0.478 e. The van der Waals surface area contributed by atoms with E-state index < -0.39 is 5.97 Å². The second kappa shape index (κ2) is 6.14. The van der Waals surface area contributed by atoms with Gasteiger partial charge in [0.05, 0.1) is 17.0 Å². The first-order valence-electron chi connectivity index (χ1n) is 6.51. The summed E-state index contributed by atoms with van der Waals surface area (Å²) >= 11 is 0. The van der Waals surface area contributed by atoms with E-state index in [4.69, 9.17) is 0 Å². The molecule has 0 bridgehead atoms. The zero-order valence-corrected chi connectivity index (χ0v) is 11.0. The molecule has 0 saturated carbocycles. The molecule has 2 rings (SSSR count). The van der Waals surface area contributed by atoms with Gasteiger partial charge in [0.2, 0.25) is 0 Å². The van der Waals surface area contributed by atoms with Crippen LogP contribution in [-0.2, 0) is 6.42 Å². The van der Waals surface area contributed by atoms with Crippen molar-refractivity contribution in [2.45, 2.75) is 26.2 Å². The number of aromatic carboxylic acids is 1. The lowest BCUT2D eigenvalue weighted by molar-refractivity contribution is 0.0695. The molecule has 0 amide bonds. The third-order valence-electron chi connectivity index (χ3n) is 3.04. The standard InChI is InChI=1S/C16H17NO2/c1-2-3-9-15-13(16(18)19)10-11-14(17-15)12-7-5-4-6-8-12/h4-8,10-11H,2-3,9H2,1H3,(H,18,19). The smallest absolute Gasteiger partial charge is 0.337 e. The molecule has 1 aromatic carbocycles. The van der Waals surface area contributed by atoms with Crippen molar-refractivity contribution in [1.82, 2.24) is 4.98 Å². The van der Waals surface area contributed by atoms with Crippen molar-refractivity contribution in [3.8, 4) is 11.3 Å². The summed E-state index contributed by atoms with van der Waals surface area (Å²) in [4.78, 5) is 15.7. The van der Waals surface area contributed by atoms with E-state index in [9.17, 15) is 9.90 Å². The number of carboxylic acids is 1. The Labute approximate surface area is 112 Å². The van der Waals surface area contributed by atoms with Crippen LogP contribution < -0.4 is 0 Å². The number of carbonyl (C=O) groups is 1. The van der Waals surface area contributed by atoms with Gasteiger partial charge in [-0.1, -0.05) is 43.7 Å². The molecule has 0 radical (unpaired) electrons. The maximum atomic E-state index is 11.2. The maximum absolute atomic E-state index is 11.2. The molecule has 0 fully saturated rings. The first kappa shape index (κ1) is 13.3. The van der Waals surface area contributed by atoms with Crippen LogP contribution in [0.4, 0.5) is 0 Å². The number of benzene rings is 1. The van der Waals surface area contributed by atoms with Crippen LogP contribution in [0.1, 0.15) is 35.8 Å². The van der Waals surface area contributed by atoms with Crippen LogP contribution in [0.15, 0.2) is 42.5 Å². The molecule has 0 saturated heterocycles. The van der Waals surface area contributed by atoms with E-state index in [0.29, 0.717) is 17.7 Å². The third kappa shape index (κ3) is 3.19. The predicted molar refractivity (Wildman–Crippen MR) is 75.2 cm³/mol. The van der Waals surface area contributed by atoms with Gasteiger partial charge in [-0.05, 0) is 25.0 Å². The van der Waals surface area contributed by atoms with Crippen LogP contribution in [0.2, 0.25) is 0 Å². The Morgan fingerprint density at radius 3 is 2.53 bits per heavy atom. The molecule has 2 aromatic rings. The molecule has 3 heteroatoms. The summed E-state index contributed by atoms with van der Waals surface area (Å²) in [5, 5.41) is 9.19. The van der Waals surface area contributed by atoms with Gasteiger partial charge < -0.3 is 5.11 Å². The fourth-order valence-electron chi connectivity index (χ4n) is 2.00. The minimum atomic E-state index is -0.904. The summed E-state index contributed by atoms with van der Waals surface area (Å²) in [7, 11) is 0. The zero-order chi connectivity index (χ0) is 13.7. The molecule has 0 aliphatic rings. The Kier molecular flexibility index (Phi) is 4.29. The lowest BCUT2D eigenvalue weighted by Crippen LogP contribution is -2.05. The van der Waals surface area contributed by atoms with Crippen molar-refractivity contribution in [3.05, 3.63) is 53.7 Å². The highest BCUT2D eigenvalue weighted by Gasteiger charge is 2.12. The molecule has 98 valence electrons. The maximum Gasteiger partial charge on any atom is 0.337 e. The average Bonchev–Trinajstić information content (AvgIpc) is 2.45. The van der Waals surface area contributed by atoms with Crippen LogP contribution in [0.3, 0.4) is 0 Å². The van der Waals surface area contributed by atoms with Gasteiger partial charge in [0.15, 0.2) is 0 Å². The molecule has 0 unspecified atom stereocenters. The third-order valence-corrected chi connectivity index (χ3v) is 3.04. The van der Waals surface area contributed by atoms with Crippen LogP contribution in [-0.4, -0.2) is 16.1 Å². The highest BCUT2D eigenvalue weighted by molar-refractivity contribution is 5.89. The van der Waals surface area contributed by atoms with Gasteiger partial charge in [-0.3, -0.25) is 4.98 Å². The van der Waals surface area contributed by atoms with E-state index in [0.717, 1.165) is 24.1 Å². The van der Waals surface area contributed by atoms with Gasteiger partial charge in [0.25, 0.3) is 0 Å². The lowest BCUT2D eigenvalue weighted by Gasteiger charge is -2.08. The molecule has 0 aliphatic carbocycles. The van der Waals surface area contributed by atoms with E-state index >= 15 is 0 Å². The van der Waals surface area contributed by atoms with Crippen molar-refractivity contribution in [1.29, 1.82) is 0 Å². The van der Waals surface area contributed by atoms with Gasteiger partial charge >= 0.3 is 5.97 Å². The number of aryl methyl sites for hydroxylation is 1. The van der Waals surface area contributed by atoms with Crippen LogP contribution >= 0.6 is 0 Å². The van der Waals surface area contributed by atoms with Gasteiger partial charge in [0, 0.05) is 5.56 Å². The fraction of sp³-hybridized carbons (Fsp3) is 0.250. The predicted octanol–water partition coefficient (Wildman–Crippen LogP) is 3.79. The monoisotopic (exact) mass is 255 g/mol. The topological polar surface area (TPSA) is 50.2 Å². The Bertz CT molecular complexity index is 564. The van der Waals surface area contributed by atoms with Crippen LogP contribution in [0.25, 0.3) is 11.3 Å². The van der Waals surface area contributed by atoms with Gasteiger partial charge in [-0.25, -0.2) is 4.79 Å². The molecule has 3 nitrogen and oxygen atoms in total. The molecule has 0 aliphatic heterocycles. The number of rotatable bonds is 5. The van der Waals surface area contributed by atoms with E-state index in [2.05, 4.69) is 11.9 Å². The summed E-state index contributed by atoms with van der Waals surface area (Å²) < 4.78 is 0. The van der Waals surface area contributed by atoms with Crippen molar-refractivity contribution in [3.63, 3.8) is 0 Å². The van der Waals surface area contributed by atoms with Crippen LogP contribution in [0.5, 0.6) is 0 Å². The summed E-state index contributed by atoms with van der Waals surface area (Å²) in [6, 6.07) is 13.2. The minimum Gasteiger partial charge on any atom is -0.478 e. The number of aromatic nitrogens is 1. The van der Waals surface area contributed by atoms with E-state index in [-0.39, 0.29) is 0 Å². The highest BCUT2D eigenvalue weighted by Crippen LogP contribution is 2.20. The number of unbranched alkanes of at least 4 members (excludes halogenated alkanes) is 1. The van der Waals surface area contributed by atoms with Crippen molar-refractivity contribution < 1.29 is 9.90 Å². The summed E-state index contributed by atoms with van der Waals surface area (Å²) in [6.45, 7) is 2.08. The molecular weight excluding hydrogens is 238 g/mol. The zero-order valence-electron chi connectivity index (χ0n) is 11.0. The Hall–Kier alpha value is -2.16. The SMILES string of the molecule is CCCCc1nc(-c2ccccc2)ccc1C(=O)O. The first-order chi connectivity index (χ1) is 9.22. The highest BCUT2D eigenvalue weighted by atomic mass is 16.4. The molecular formula is C16H17NO2. The normalized spacial score (nSPS) is 10.4. The molecule has 1 aromatic heterocycles. The van der Waals surface area contributed by atoms with E-state index in [1.54, 1.807) is 12.1 Å². The van der Waals surface area contributed by atoms with Crippen molar-refractivity contribution in [2.24, 2.45) is 0 Å². The average molecular weight is 255 g/mol. The Balaban J connectivity index is 2.40. The summed E-state index contributed by atoms with van der Waals surface area (Å²) in [5.74, 6) is -0.904. The number of carboxylic acid groups (broad SMARTS) is 1. The van der Waals surface area contributed by atoms with Gasteiger partial charge in [-0.2, -0.15) is 0 Å². The fourth-order valence-corrected chi connectivity index (χ4v) is 2.00. The molecule has 0 atom stereocenters. The van der Waals surface area contributed by atoms with Crippen molar-refractivity contribution in [2.75, 3.05) is 0 Å². The minimum absolute atomic E-state index is 0.313. The Morgan fingerprint density at radius 1 is 1.16 bits per heavy atom. The molecule has 1 heterocycles. The molecule has 1 N–H and O–H groups in total. The quantitative estimate of drug-likeness (QED) is 0.884. The first-order valence-corrected chi connectivity index (χ1v) is 6.51. The van der Waals surface area contributed by atoms with E-state index in [1.807, 2.05) is 30.3 Å². The second-order valence-electron chi connectivity index (χ2n) is 4.47. The van der Waals surface area contributed by atoms with Crippen molar-refractivity contribution >= 4 is 5.97 Å². The summed E-state index contributed by atoms with van der Waals surface area (Å²) in [6.07, 6.45) is 2.68. The second-order valence-corrected chi connectivity index (χ2v) is 4.47. The molecule has 0 spiro atoms. The number of pyridine rings is 1. The van der Waals surface area contributed by atoms with Gasteiger partial charge in [0.1, 0.15) is 0 Å². The van der Waals surface area contributed by atoms with Gasteiger partial charge in [-0.15, -0.1) is 0 Å². The Morgan fingerprint density at radius 2 is 1.89 bits per heavy atom. The number of hydrogen-bond acceptors (Lipinski definition) is 2. The van der Waals surface area contributed by atoms with E-state index in [1.165, 1.54) is 0 Å². The number of nitrogens with zero attached hydrogens (tertiary/aromatic N) is 1. The summed E-state index contributed by atoms with van der Waals surface area (Å²) in [5.41, 5.74) is 2.83. The number of hydrogen-bond donors (Lipinski definition) is 1.